The molecule has 0 amide bonds. The van der Waals surface area contributed by atoms with Crippen molar-refractivity contribution in [3.8, 4) is 0 Å². The van der Waals surface area contributed by atoms with Gasteiger partial charge < -0.3 is 9.47 Å². The zero-order valence-corrected chi connectivity index (χ0v) is 29.7. The predicted molar refractivity (Wildman–Crippen MR) is 190 cm³/mol. The quantitative estimate of drug-likeness (QED) is 0.0307. The summed E-state index contributed by atoms with van der Waals surface area (Å²) in [5, 5.41) is 0. The van der Waals surface area contributed by atoms with Crippen LogP contribution in [0.5, 0.6) is 0 Å². The Bertz CT molecular complexity index is 515. The number of ether oxygens (including phenoxy) is 2. The molecule has 3 heteroatoms. The lowest BCUT2D eigenvalue weighted by Gasteiger charge is -2.28. The van der Waals surface area contributed by atoms with Gasteiger partial charge in [0.05, 0.1) is 19.1 Å². The van der Waals surface area contributed by atoms with E-state index in [1.165, 1.54) is 167 Å². The Labute approximate surface area is 270 Å². The van der Waals surface area contributed by atoms with Gasteiger partial charge >= 0.3 is 0 Å². The Hall–Kier alpha value is -0.310. The van der Waals surface area contributed by atoms with Crippen LogP contribution in [0.4, 0.5) is 0 Å². The van der Waals surface area contributed by atoms with Gasteiger partial charge in [-0.1, -0.05) is 154 Å². The Kier molecular flexibility index (Phi) is 34.9. The smallest absolute Gasteiger partial charge is 0.178 e. The second-order valence-corrected chi connectivity index (χ2v) is 13.1. The third kappa shape index (κ3) is 32.6. The molecule has 0 bridgehead atoms. The van der Waals surface area contributed by atoms with Crippen LogP contribution < -0.4 is 0 Å². The van der Waals surface area contributed by atoms with Crippen LogP contribution in [0.15, 0.2) is 24.3 Å². The standard InChI is InChI=1S/C39H75ClO2/c1-4-6-8-10-12-14-16-18-20-22-24-26-28-30-32-34-36-41-39(3,38-40)42-37-35-33-31-29-27-25-23-21-19-17-15-13-11-9-7-5-2/h18-21H,4-17,22-38H2,1-3H3/b20-18-,21-19-. The fraction of sp³-hybridized carbons (Fsp3) is 0.897. The maximum absolute atomic E-state index is 6.20. The van der Waals surface area contributed by atoms with Gasteiger partial charge in [0.1, 0.15) is 0 Å². The third-order valence-electron chi connectivity index (χ3n) is 8.37. The van der Waals surface area contributed by atoms with Crippen molar-refractivity contribution in [2.75, 3.05) is 19.1 Å². The molecular formula is C39H75ClO2. The second-order valence-electron chi connectivity index (χ2n) is 12.8. The summed E-state index contributed by atoms with van der Waals surface area (Å²) in [4.78, 5) is 0. The molecule has 0 N–H and O–H groups in total. The van der Waals surface area contributed by atoms with E-state index < -0.39 is 5.79 Å². The molecule has 0 heterocycles. The minimum Gasteiger partial charge on any atom is -0.349 e. The van der Waals surface area contributed by atoms with Crippen molar-refractivity contribution >= 4 is 11.6 Å². The molecule has 0 saturated heterocycles. The van der Waals surface area contributed by atoms with Gasteiger partial charge in [-0.25, -0.2) is 0 Å². The van der Waals surface area contributed by atoms with Crippen molar-refractivity contribution in [1.82, 2.24) is 0 Å². The highest BCUT2D eigenvalue weighted by molar-refractivity contribution is 6.18. The van der Waals surface area contributed by atoms with Crippen molar-refractivity contribution in [2.24, 2.45) is 0 Å². The predicted octanol–water partition coefficient (Wildman–Crippen LogP) is 14.0. The highest BCUT2D eigenvalue weighted by Gasteiger charge is 2.24. The Morgan fingerprint density at radius 1 is 0.405 bits per heavy atom. The summed E-state index contributed by atoms with van der Waals surface area (Å²) in [5.41, 5.74) is 0. The van der Waals surface area contributed by atoms with Gasteiger partial charge in [-0.2, -0.15) is 0 Å². The molecule has 42 heavy (non-hydrogen) atoms. The molecule has 0 aromatic heterocycles. The van der Waals surface area contributed by atoms with Crippen molar-refractivity contribution in [1.29, 1.82) is 0 Å². The average Bonchev–Trinajstić information content (AvgIpc) is 3.00. The molecule has 0 aliphatic carbocycles. The molecule has 0 rings (SSSR count). The summed E-state index contributed by atoms with van der Waals surface area (Å²) >= 11 is 6.20. The highest BCUT2D eigenvalue weighted by Crippen LogP contribution is 2.18. The van der Waals surface area contributed by atoms with Gasteiger partial charge in [0, 0.05) is 0 Å². The van der Waals surface area contributed by atoms with E-state index in [0.29, 0.717) is 5.88 Å². The third-order valence-corrected chi connectivity index (χ3v) is 8.86. The second kappa shape index (κ2) is 35.2. The fourth-order valence-electron chi connectivity index (χ4n) is 5.39. The summed E-state index contributed by atoms with van der Waals surface area (Å²) in [6, 6.07) is 0. The first-order valence-corrected chi connectivity index (χ1v) is 19.4. The van der Waals surface area contributed by atoms with Crippen molar-refractivity contribution in [3.05, 3.63) is 24.3 Å². The summed E-state index contributed by atoms with van der Waals surface area (Å²) < 4.78 is 12.1. The molecule has 0 saturated carbocycles. The van der Waals surface area contributed by atoms with E-state index in [1.54, 1.807) is 0 Å². The van der Waals surface area contributed by atoms with Crippen LogP contribution in [0.2, 0.25) is 0 Å². The topological polar surface area (TPSA) is 18.5 Å². The molecule has 250 valence electrons. The monoisotopic (exact) mass is 611 g/mol. The van der Waals surface area contributed by atoms with Crippen molar-refractivity contribution in [2.45, 2.75) is 206 Å². The van der Waals surface area contributed by atoms with Crippen LogP contribution in [0.3, 0.4) is 0 Å². The van der Waals surface area contributed by atoms with Gasteiger partial charge in [-0.3, -0.25) is 0 Å². The maximum atomic E-state index is 6.20. The first-order valence-electron chi connectivity index (χ1n) is 18.8. The molecule has 0 aromatic rings. The minimum absolute atomic E-state index is 0.395. The Morgan fingerprint density at radius 2 is 0.667 bits per heavy atom. The maximum Gasteiger partial charge on any atom is 0.178 e. The van der Waals surface area contributed by atoms with E-state index in [0.717, 1.165) is 26.1 Å². The average molecular weight is 611 g/mol. The molecule has 0 aliphatic heterocycles. The molecule has 0 aliphatic rings. The Morgan fingerprint density at radius 3 is 0.952 bits per heavy atom. The molecule has 0 radical (unpaired) electrons. The highest BCUT2D eigenvalue weighted by atomic mass is 35.5. The molecule has 0 spiro atoms. The number of unbranched alkanes of at least 4 members (excludes halogenated alkanes) is 24. The fourth-order valence-corrected chi connectivity index (χ4v) is 5.55. The van der Waals surface area contributed by atoms with Gasteiger partial charge in [-0.15, -0.1) is 11.6 Å². The first kappa shape index (κ1) is 41.7. The van der Waals surface area contributed by atoms with E-state index in [2.05, 4.69) is 38.2 Å². The van der Waals surface area contributed by atoms with E-state index in [-0.39, 0.29) is 0 Å². The molecule has 0 fully saturated rings. The van der Waals surface area contributed by atoms with Gasteiger partial charge in [0.2, 0.25) is 0 Å². The summed E-state index contributed by atoms with van der Waals surface area (Å²) in [7, 11) is 0. The van der Waals surface area contributed by atoms with Gasteiger partial charge in [0.15, 0.2) is 5.79 Å². The number of halogens is 1. The van der Waals surface area contributed by atoms with Crippen LogP contribution >= 0.6 is 11.6 Å². The number of allylic oxidation sites excluding steroid dienone is 4. The zero-order chi connectivity index (χ0) is 30.7. The normalized spacial score (nSPS) is 12.4. The number of hydrogen-bond acceptors (Lipinski definition) is 2. The number of rotatable bonds is 35. The van der Waals surface area contributed by atoms with E-state index in [9.17, 15) is 0 Å². The first-order chi connectivity index (χ1) is 20.7. The lowest BCUT2D eigenvalue weighted by atomic mass is 10.1. The van der Waals surface area contributed by atoms with E-state index in [4.69, 9.17) is 21.1 Å². The molecule has 0 aromatic carbocycles. The van der Waals surface area contributed by atoms with Crippen LogP contribution in [0.1, 0.15) is 201 Å². The van der Waals surface area contributed by atoms with E-state index >= 15 is 0 Å². The van der Waals surface area contributed by atoms with Crippen molar-refractivity contribution < 1.29 is 9.47 Å². The van der Waals surface area contributed by atoms with Crippen LogP contribution in [-0.4, -0.2) is 24.9 Å². The van der Waals surface area contributed by atoms with Gasteiger partial charge in [0.25, 0.3) is 0 Å². The summed E-state index contributed by atoms with van der Waals surface area (Å²) in [6.45, 7) is 8.06. The van der Waals surface area contributed by atoms with Crippen molar-refractivity contribution in [3.63, 3.8) is 0 Å². The SMILES string of the molecule is CCCCCCCC/C=C\CCCCCCCCOC(C)(CCl)OCCCCCCCC/C=C\CCCCCCCC. The molecule has 2 nitrogen and oxygen atoms in total. The molecule has 0 atom stereocenters. The molecular weight excluding hydrogens is 536 g/mol. The Balaban J connectivity index is 3.46. The lowest BCUT2D eigenvalue weighted by molar-refractivity contribution is -0.211. The summed E-state index contributed by atoms with van der Waals surface area (Å²) in [6.07, 6.45) is 46.7. The van der Waals surface area contributed by atoms with Gasteiger partial charge in [-0.05, 0) is 71.1 Å². The lowest BCUT2D eigenvalue weighted by Crippen LogP contribution is -2.35. The zero-order valence-electron chi connectivity index (χ0n) is 28.9. The van der Waals surface area contributed by atoms with Crippen LogP contribution in [0.25, 0.3) is 0 Å². The van der Waals surface area contributed by atoms with Crippen LogP contribution in [-0.2, 0) is 9.47 Å². The van der Waals surface area contributed by atoms with E-state index in [1.807, 2.05) is 6.92 Å². The summed E-state index contributed by atoms with van der Waals surface area (Å²) in [5.74, 6) is -0.239. The number of hydrogen-bond donors (Lipinski definition) is 0. The minimum atomic E-state index is -0.634. The van der Waals surface area contributed by atoms with Crippen LogP contribution in [0, 0.1) is 0 Å². The largest absolute Gasteiger partial charge is 0.349 e. The number of alkyl halides is 1. The molecule has 0 unspecified atom stereocenters.